The highest BCUT2D eigenvalue weighted by Crippen LogP contribution is 2.30. The average Bonchev–Trinajstić information content (AvgIpc) is 3.30. The predicted molar refractivity (Wildman–Crippen MR) is 115 cm³/mol. The number of benzene rings is 2. The molecule has 0 saturated heterocycles. The van der Waals surface area contributed by atoms with Crippen LogP contribution in [0.1, 0.15) is 18.5 Å². The minimum Gasteiger partial charge on any atom is -0.493 e. The second-order valence-corrected chi connectivity index (χ2v) is 7.47. The summed E-state index contributed by atoms with van der Waals surface area (Å²) in [5.41, 5.74) is 2.10. The Labute approximate surface area is 175 Å². The van der Waals surface area contributed by atoms with Crippen LogP contribution in [0.25, 0.3) is 10.6 Å². The van der Waals surface area contributed by atoms with E-state index < -0.39 is 6.10 Å². The fourth-order valence-electron chi connectivity index (χ4n) is 2.86. The van der Waals surface area contributed by atoms with Crippen molar-refractivity contribution >= 4 is 11.3 Å². The first-order valence-corrected chi connectivity index (χ1v) is 10.2. The van der Waals surface area contributed by atoms with Crippen LogP contribution >= 0.6 is 11.3 Å². The summed E-state index contributed by atoms with van der Waals surface area (Å²) >= 11 is 1.60. The van der Waals surface area contributed by atoms with E-state index >= 15 is 0 Å². The molecule has 1 aromatic heterocycles. The van der Waals surface area contributed by atoms with E-state index in [1.165, 1.54) is 0 Å². The molecule has 0 bridgehead atoms. The van der Waals surface area contributed by atoms with Crippen molar-refractivity contribution in [2.45, 2.75) is 19.1 Å². The Kier molecular flexibility index (Phi) is 7.46. The lowest BCUT2D eigenvalue weighted by Crippen LogP contribution is -2.33. The number of rotatable bonds is 10. The zero-order valence-electron chi connectivity index (χ0n) is 16.8. The molecule has 0 aliphatic carbocycles. The highest BCUT2D eigenvalue weighted by Gasteiger charge is 2.12. The van der Waals surface area contributed by atoms with E-state index in [4.69, 9.17) is 14.2 Å². The molecule has 29 heavy (non-hydrogen) atoms. The maximum atomic E-state index is 10.3. The Bertz CT molecular complexity index is 884. The van der Waals surface area contributed by atoms with Gasteiger partial charge < -0.3 is 24.6 Å². The van der Waals surface area contributed by atoms with Crippen LogP contribution in [-0.4, -0.2) is 43.6 Å². The number of aliphatic hydroxyl groups excluding tert-OH is 1. The number of nitrogens with one attached hydrogen (secondary N) is 1. The van der Waals surface area contributed by atoms with Gasteiger partial charge in [0.1, 0.15) is 23.5 Å². The molecule has 0 amide bonds. The largest absolute Gasteiger partial charge is 0.493 e. The number of aliphatic hydroxyl groups is 1. The molecule has 2 aromatic carbocycles. The minimum atomic E-state index is -0.628. The third-order valence-corrected chi connectivity index (χ3v) is 5.37. The van der Waals surface area contributed by atoms with Crippen molar-refractivity contribution in [1.29, 1.82) is 0 Å². The fourth-order valence-corrected chi connectivity index (χ4v) is 3.51. The van der Waals surface area contributed by atoms with E-state index in [0.717, 1.165) is 21.9 Å². The molecule has 0 radical (unpaired) electrons. The Hall–Kier alpha value is -2.61. The van der Waals surface area contributed by atoms with E-state index in [1.54, 1.807) is 31.8 Å². The predicted octanol–water partition coefficient (Wildman–Crippen LogP) is 3.92. The van der Waals surface area contributed by atoms with Gasteiger partial charge in [-0.05, 0) is 48.9 Å². The molecular weight excluding hydrogens is 388 g/mol. The van der Waals surface area contributed by atoms with Crippen molar-refractivity contribution in [2.24, 2.45) is 0 Å². The molecular formula is C22H26N2O4S. The van der Waals surface area contributed by atoms with Crippen LogP contribution < -0.4 is 19.5 Å². The average molecular weight is 415 g/mol. The lowest BCUT2D eigenvalue weighted by Gasteiger charge is -2.19. The van der Waals surface area contributed by atoms with Crippen molar-refractivity contribution in [3.63, 3.8) is 0 Å². The van der Waals surface area contributed by atoms with Crippen molar-refractivity contribution in [3.05, 3.63) is 59.6 Å². The normalized spacial score (nSPS) is 13.0. The summed E-state index contributed by atoms with van der Waals surface area (Å²) < 4.78 is 16.3. The van der Waals surface area contributed by atoms with Gasteiger partial charge in [-0.25, -0.2) is 4.98 Å². The third-order valence-electron chi connectivity index (χ3n) is 4.54. The summed E-state index contributed by atoms with van der Waals surface area (Å²) in [4.78, 5) is 4.29. The van der Waals surface area contributed by atoms with Gasteiger partial charge in [0.2, 0.25) is 0 Å². The molecule has 0 aliphatic rings. The monoisotopic (exact) mass is 414 g/mol. The molecule has 0 spiro atoms. The van der Waals surface area contributed by atoms with Crippen molar-refractivity contribution in [2.75, 3.05) is 27.4 Å². The minimum absolute atomic E-state index is 0.0436. The summed E-state index contributed by atoms with van der Waals surface area (Å²) in [5.74, 6) is 2.10. The SMILES string of the molecule is COc1ccc(C(C)NCC(O)COc2ccc(-c3nccs3)cc2)cc1OC. The first kappa shape index (κ1) is 21.1. The summed E-state index contributed by atoms with van der Waals surface area (Å²) in [6.07, 6.45) is 1.16. The molecule has 6 nitrogen and oxygen atoms in total. The molecule has 7 heteroatoms. The van der Waals surface area contributed by atoms with Gasteiger partial charge in [0.05, 0.1) is 14.2 Å². The number of methoxy groups -OCH3 is 2. The van der Waals surface area contributed by atoms with Crippen LogP contribution in [0.2, 0.25) is 0 Å². The Morgan fingerprint density at radius 2 is 1.83 bits per heavy atom. The van der Waals surface area contributed by atoms with Gasteiger partial charge >= 0.3 is 0 Å². The fraction of sp³-hybridized carbons (Fsp3) is 0.318. The van der Waals surface area contributed by atoms with Crippen LogP contribution in [0.4, 0.5) is 0 Å². The summed E-state index contributed by atoms with van der Waals surface area (Å²) in [5, 5.41) is 16.5. The maximum Gasteiger partial charge on any atom is 0.161 e. The number of ether oxygens (including phenoxy) is 3. The smallest absolute Gasteiger partial charge is 0.161 e. The molecule has 2 N–H and O–H groups in total. The molecule has 0 fully saturated rings. The summed E-state index contributed by atoms with van der Waals surface area (Å²) in [7, 11) is 3.23. The van der Waals surface area contributed by atoms with Crippen LogP contribution in [0.15, 0.2) is 54.0 Å². The Morgan fingerprint density at radius 3 is 2.48 bits per heavy atom. The van der Waals surface area contributed by atoms with E-state index in [-0.39, 0.29) is 12.6 Å². The molecule has 1 heterocycles. The highest BCUT2D eigenvalue weighted by atomic mass is 32.1. The highest BCUT2D eigenvalue weighted by molar-refractivity contribution is 7.13. The zero-order valence-corrected chi connectivity index (χ0v) is 17.6. The van der Waals surface area contributed by atoms with Crippen molar-refractivity contribution in [1.82, 2.24) is 10.3 Å². The third kappa shape index (κ3) is 5.69. The van der Waals surface area contributed by atoms with Gasteiger partial charge in [-0.15, -0.1) is 11.3 Å². The molecule has 2 unspecified atom stereocenters. The molecule has 0 saturated carbocycles. The van der Waals surface area contributed by atoms with Crippen LogP contribution in [-0.2, 0) is 0 Å². The number of nitrogens with zero attached hydrogens (tertiary/aromatic N) is 1. The van der Waals surface area contributed by atoms with Crippen LogP contribution in [0.5, 0.6) is 17.2 Å². The lowest BCUT2D eigenvalue weighted by molar-refractivity contribution is 0.104. The number of hydrogen-bond donors (Lipinski definition) is 2. The summed E-state index contributed by atoms with van der Waals surface area (Å²) in [6, 6.07) is 13.6. The van der Waals surface area contributed by atoms with E-state index in [9.17, 15) is 5.11 Å². The van der Waals surface area contributed by atoms with Gasteiger partial charge in [-0.2, -0.15) is 0 Å². The quantitative estimate of drug-likeness (QED) is 0.524. The Morgan fingerprint density at radius 1 is 1.07 bits per heavy atom. The van der Waals surface area contributed by atoms with Crippen molar-refractivity contribution < 1.29 is 19.3 Å². The van der Waals surface area contributed by atoms with Gasteiger partial charge in [-0.1, -0.05) is 6.07 Å². The second kappa shape index (κ2) is 10.2. The number of thiazole rings is 1. The summed E-state index contributed by atoms with van der Waals surface area (Å²) in [6.45, 7) is 2.65. The lowest BCUT2D eigenvalue weighted by atomic mass is 10.1. The number of hydrogen-bond acceptors (Lipinski definition) is 7. The van der Waals surface area contributed by atoms with Gasteiger partial charge in [-0.3, -0.25) is 0 Å². The van der Waals surface area contributed by atoms with Gasteiger partial charge in [0, 0.05) is 29.7 Å². The van der Waals surface area contributed by atoms with E-state index in [1.807, 2.05) is 54.8 Å². The zero-order chi connectivity index (χ0) is 20.6. The number of aromatic nitrogens is 1. The first-order chi connectivity index (χ1) is 14.1. The second-order valence-electron chi connectivity index (χ2n) is 6.57. The molecule has 3 rings (SSSR count). The topological polar surface area (TPSA) is 72.8 Å². The molecule has 3 aromatic rings. The molecule has 154 valence electrons. The first-order valence-electron chi connectivity index (χ1n) is 9.36. The van der Waals surface area contributed by atoms with Gasteiger partial charge in [0.15, 0.2) is 11.5 Å². The van der Waals surface area contributed by atoms with E-state index in [2.05, 4.69) is 10.3 Å². The van der Waals surface area contributed by atoms with Gasteiger partial charge in [0.25, 0.3) is 0 Å². The molecule has 0 aliphatic heterocycles. The van der Waals surface area contributed by atoms with E-state index in [0.29, 0.717) is 18.0 Å². The van der Waals surface area contributed by atoms with Crippen molar-refractivity contribution in [3.8, 4) is 27.8 Å². The maximum absolute atomic E-state index is 10.3. The van der Waals surface area contributed by atoms with Crippen LogP contribution in [0.3, 0.4) is 0 Å². The van der Waals surface area contributed by atoms with Crippen LogP contribution in [0, 0.1) is 0 Å². The standard InChI is InChI=1S/C22H26N2O4S/c1-15(17-6-9-20(26-2)21(12-17)27-3)24-13-18(25)14-28-19-7-4-16(5-8-19)22-23-10-11-29-22/h4-12,15,18,24-25H,13-14H2,1-3H3. The molecule has 2 atom stereocenters. The Balaban J connectivity index is 1.46.